The third-order valence-electron chi connectivity index (χ3n) is 12.6. The van der Waals surface area contributed by atoms with Crippen LogP contribution >= 0.6 is 11.8 Å². The first kappa shape index (κ1) is 33.0. The summed E-state index contributed by atoms with van der Waals surface area (Å²) in [6, 6.07) is 62.5. The van der Waals surface area contributed by atoms with Crippen LogP contribution in [-0.4, -0.2) is 6.71 Å². The Kier molecular flexibility index (Phi) is 7.66. The molecule has 0 amide bonds. The van der Waals surface area contributed by atoms with E-state index in [1.165, 1.54) is 96.7 Å². The molecule has 1 aliphatic carbocycles. The minimum Gasteiger partial charge on any atom is -0.468 e. The van der Waals surface area contributed by atoms with Crippen molar-refractivity contribution in [3.63, 3.8) is 0 Å². The number of rotatable bonds is 5. The maximum atomic E-state index is 7.25. The van der Waals surface area contributed by atoms with Gasteiger partial charge in [0.05, 0.1) is 10.6 Å². The second-order valence-corrected chi connectivity index (χ2v) is 16.9. The molecule has 57 heavy (non-hydrogen) atoms. The van der Waals surface area contributed by atoms with E-state index in [0.29, 0.717) is 5.92 Å². The van der Waals surface area contributed by atoms with Gasteiger partial charge in [-0.2, -0.15) is 0 Å². The quantitative estimate of drug-likeness (QED) is 0.129. The fraction of sp³-hybridized carbons (Fsp3) is 0.115. The Morgan fingerprint density at radius 2 is 1.26 bits per heavy atom. The van der Waals surface area contributed by atoms with Crippen LogP contribution in [-0.2, 0) is 0 Å². The van der Waals surface area contributed by atoms with Gasteiger partial charge in [0.1, 0.15) is 5.58 Å². The smallest absolute Gasteiger partial charge is 0.294 e. The zero-order valence-corrected chi connectivity index (χ0v) is 32.4. The fourth-order valence-electron chi connectivity index (χ4n) is 10.1. The SMILES string of the molecule is c1ccc(N(c2ccccc2)c2cccc(N3c4ccccc4B4c5oc6c(ccc7c8ccccc8ccc76)c5Sc5cc(C6CCCCC6)cc3c54)c2)cc1. The Morgan fingerprint density at radius 1 is 0.561 bits per heavy atom. The van der Waals surface area contributed by atoms with Crippen molar-refractivity contribution in [3.8, 4) is 0 Å². The molecule has 1 saturated carbocycles. The van der Waals surface area contributed by atoms with E-state index in [1.807, 2.05) is 11.8 Å². The van der Waals surface area contributed by atoms with Gasteiger partial charge in [0.15, 0.2) is 0 Å². The summed E-state index contributed by atoms with van der Waals surface area (Å²) in [7, 11) is 0. The number of para-hydroxylation sites is 3. The van der Waals surface area contributed by atoms with Crippen molar-refractivity contribution in [2.75, 3.05) is 9.80 Å². The molecule has 5 heteroatoms. The average Bonchev–Trinajstić information content (AvgIpc) is 3.66. The molecule has 2 aliphatic heterocycles. The zero-order valence-electron chi connectivity index (χ0n) is 31.6. The van der Waals surface area contributed by atoms with E-state index in [1.54, 1.807) is 0 Å². The maximum Gasteiger partial charge on any atom is 0.294 e. The van der Waals surface area contributed by atoms with Crippen molar-refractivity contribution >= 4 is 102 Å². The van der Waals surface area contributed by atoms with Gasteiger partial charge in [-0.05, 0) is 124 Å². The highest BCUT2D eigenvalue weighted by molar-refractivity contribution is 8.00. The van der Waals surface area contributed by atoms with Gasteiger partial charge >= 0.3 is 0 Å². The molecule has 1 fully saturated rings. The van der Waals surface area contributed by atoms with E-state index < -0.39 is 0 Å². The van der Waals surface area contributed by atoms with Crippen LogP contribution < -0.4 is 26.4 Å². The number of fused-ring (bicyclic) bond motifs is 10. The van der Waals surface area contributed by atoms with Crippen molar-refractivity contribution < 1.29 is 4.42 Å². The van der Waals surface area contributed by atoms with E-state index in [-0.39, 0.29) is 6.71 Å². The summed E-state index contributed by atoms with van der Waals surface area (Å²) in [6.45, 7) is -0.0182. The number of anilines is 6. The molecular weight excluding hydrogens is 711 g/mol. The molecule has 3 heterocycles. The molecule has 272 valence electrons. The maximum absolute atomic E-state index is 7.25. The van der Waals surface area contributed by atoms with E-state index in [9.17, 15) is 0 Å². The summed E-state index contributed by atoms with van der Waals surface area (Å²) in [5.41, 5.74) is 13.2. The fourth-order valence-corrected chi connectivity index (χ4v) is 11.3. The van der Waals surface area contributed by atoms with E-state index >= 15 is 0 Å². The van der Waals surface area contributed by atoms with Crippen molar-refractivity contribution in [2.24, 2.45) is 0 Å². The molecule has 9 aromatic rings. The third-order valence-corrected chi connectivity index (χ3v) is 13.8. The highest BCUT2D eigenvalue weighted by atomic mass is 32.2. The Bertz CT molecular complexity index is 2970. The lowest BCUT2D eigenvalue weighted by Crippen LogP contribution is -2.59. The second kappa shape index (κ2) is 13.2. The second-order valence-electron chi connectivity index (χ2n) is 15.9. The predicted octanol–water partition coefficient (Wildman–Crippen LogP) is 13.0. The van der Waals surface area contributed by atoms with Crippen LogP contribution in [0.5, 0.6) is 0 Å². The Labute approximate surface area is 337 Å². The van der Waals surface area contributed by atoms with Crippen molar-refractivity contribution in [1.82, 2.24) is 0 Å². The molecule has 12 rings (SSSR count). The normalized spacial score (nSPS) is 14.8. The first-order valence-corrected chi connectivity index (χ1v) is 21.2. The standard InChI is InChI=1S/C52H39BN2OS/c1-4-15-34(16-5-1)36-31-47-49-48(32-36)57-51-44-30-29-42-41-24-11-10-17-35(41)27-28-43(42)50(44)56-52(51)53(49)45-25-12-13-26-46(45)55(47)40-23-14-22-39(33-40)54(37-18-6-2-7-19-37)38-20-8-3-9-21-38/h2-3,6-14,17-34H,1,4-5,15-16H2. The highest BCUT2D eigenvalue weighted by Crippen LogP contribution is 2.48. The molecule has 0 radical (unpaired) electrons. The molecule has 0 N–H and O–H groups in total. The summed E-state index contributed by atoms with van der Waals surface area (Å²) in [5, 5.41) is 6.15. The largest absolute Gasteiger partial charge is 0.468 e. The molecule has 8 aromatic carbocycles. The first-order chi connectivity index (χ1) is 28.3. The first-order valence-electron chi connectivity index (χ1n) is 20.4. The Balaban J connectivity index is 1.08. The molecular formula is C52H39BN2OS. The van der Waals surface area contributed by atoms with Crippen LogP contribution in [0.4, 0.5) is 34.1 Å². The minimum atomic E-state index is -0.0182. The zero-order chi connectivity index (χ0) is 37.5. The molecule has 0 spiro atoms. The van der Waals surface area contributed by atoms with E-state index in [4.69, 9.17) is 4.42 Å². The summed E-state index contributed by atoms with van der Waals surface area (Å²) >= 11 is 1.92. The number of hydrogen-bond donors (Lipinski definition) is 0. The van der Waals surface area contributed by atoms with E-state index in [2.05, 4.69) is 180 Å². The summed E-state index contributed by atoms with van der Waals surface area (Å²) < 4.78 is 7.25. The summed E-state index contributed by atoms with van der Waals surface area (Å²) in [5.74, 6) is 0.566. The summed E-state index contributed by atoms with van der Waals surface area (Å²) in [6.07, 6.45) is 6.44. The van der Waals surface area contributed by atoms with Gasteiger partial charge in [0.25, 0.3) is 6.71 Å². The minimum absolute atomic E-state index is 0.0182. The van der Waals surface area contributed by atoms with Gasteiger partial charge in [-0.15, -0.1) is 0 Å². The third kappa shape index (κ3) is 5.22. The van der Waals surface area contributed by atoms with Gasteiger partial charge in [0, 0.05) is 49.8 Å². The summed E-state index contributed by atoms with van der Waals surface area (Å²) in [4.78, 5) is 7.53. The van der Waals surface area contributed by atoms with Crippen LogP contribution in [0.15, 0.2) is 184 Å². The molecule has 1 aromatic heterocycles. The molecule has 3 aliphatic rings. The van der Waals surface area contributed by atoms with Gasteiger partial charge in [-0.25, -0.2) is 0 Å². The number of hydrogen-bond acceptors (Lipinski definition) is 4. The highest BCUT2D eigenvalue weighted by Gasteiger charge is 2.44. The molecule has 0 bridgehead atoms. The van der Waals surface area contributed by atoms with Crippen molar-refractivity contribution in [3.05, 3.63) is 175 Å². The Hall–Kier alpha value is -6.17. The van der Waals surface area contributed by atoms with Gasteiger partial charge in [-0.1, -0.05) is 128 Å². The number of furan rings is 1. The molecule has 0 saturated heterocycles. The predicted molar refractivity (Wildman–Crippen MR) is 242 cm³/mol. The Morgan fingerprint density at radius 3 is 2.09 bits per heavy atom. The van der Waals surface area contributed by atoms with Crippen LogP contribution in [0.2, 0.25) is 0 Å². The number of nitrogens with zero attached hydrogens (tertiary/aromatic N) is 2. The topological polar surface area (TPSA) is 19.6 Å². The van der Waals surface area contributed by atoms with E-state index in [0.717, 1.165) is 34.0 Å². The van der Waals surface area contributed by atoms with Gasteiger partial charge in [0.2, 0.25) is 0 Å². The van der Waals surface area contributed by atoms with Crippen molar-refractivity contribution in [2.45, 2.75) is 47.8 Å². The monoisotopic (exact) mass is 750 g/mol. The van der Waals surface area contributed by atoms with Crippen LogP contribution in [0.25, 0.3) is 32.5 Å². The lowest BCUT2D eigenvalue weighted by atomic mass is 9.37. The molecule has 3 nitrogen and oxygen atoms in total. The van der Waals surface area contributed by atoms with Gasteiger partial charge in [-0.3, -0.25) is 0 Å². The molecule has 0 atom stereocenters. The van der Waals surface area contributed by atoms with Crippen molar-refractivity contribution in [1.29, 1.82) is 0 Å². The van der Waals surface area contributed by atoms with Crippen LogP contribution in [0, 0.1) is 0 Å². The lowest BCUT2D eigenvalue weighted by molar-refractivity contribution is 0.443. The lowest BCUT2D eigenvalue weighted by Gasteiger charge is -2.40. The average molecular weight is 751 g/mol. The molecule has 0 unspecified atom stereocenters. The van der Waals surface area contributed by atoms with Crippen LogP contribution in [0.1, 0.15) is 43.6 Å². The number of benzene rings is 8. The van der Waals surface area contributed by atoms with Crippen LogP contribution in [0.3, 0.4) is 0 Å². The van der Waals surface area contributed by atoms with Gasteiger partial charge < -0.3 is 14.2 Å².